The SMILES string of the molecule is C=C(NCCC[C@H](NC(=O)C(C)(C)OC)C(=O)COc1cnc(C)nc1)NC(=O)OC(C)(C)C. The van der Waals surface area contributed by atoms with E-state index in [9.17, 15) is 14.4 Å². The molecule has 2 amide bonds. The van der Waals surface area contributed by atoms with Crippen LogP contribution in [0, 0.1) is 6.92 Å². The number of hydrogen-bond acceptors (Lipinski definition) is 9. The fraction of sp³-hybridized carbons (Fsp3) is 0.609. The third-order valence-corrected chi connectivity index (χ3v) is 4.55. The number of Topliss-reactive ketones (excluding diaryl/α,β-unsaturated/α-hetero) is 1. The average molecular weight is 480 g/mol. The molecule has 1 aromatic rings. The number of carbonyl (C=O) groups is 3. The van der Waals surface area contributed by atoms with E-state index in [-0.39, 0.29) is 18.2 Å². The van der Waals surface area contributed by atoms with Crippen LogP contribution in [0.15, 0.2) is 24.8 Å². The summed E-state index contributed by atoms with van der Waals surface area (Å²) in [4.78, 5) is 45.2. The fourth-order valence-corrected chi connectivity index (χ4v) is 2.47. The van der Waals surface area contributed by atoms with Gasteiger partial charge in [0.05, 0.1) is 18.4 Å². The van der Waals surface area contributed by atoms with Gasteiger partial charge in [-0.3, -0.25) is 14.9 Å². The number of nitrogens with zero attached hydrogens (tertiary/aromatic N) is 2. The smallest absolute Gasteiger partial charge is 0.413 e. The monoisotopic (exact) mass is 479 g/mol. The van der Waals surface area contributed by atoms with Gasteiger partial charge in [-0.2, -0.15) is 0 Å². The van der Waals surface area contributed by atoms with Gasteiger partial charge in [-0.15, -0.1) is 0 Å². The van der Waals surface area contributed by atoms with Crippen LogP contribution in [-0.2, 0) is 19.1 Å². The highest BCUT2D eigenvalue weighted by Gasteiger charge is 2.31. The van der Waals surface area contributed by atoms with Crippen molar-refractivity contribution in [3.63, 3.8) is 0 Å². The molecule has 0 aliphatic carbocycles. The zero-order chi connectivity index (χ0) is 25.9. The van der Waals surface area contributed by atoms with Gasteiger partial charge >= 0.3 is 6.09 Å². The predicted octanol–water partition coefficient (Wildman–Crippen LogP) is 2.01. The Kier molecular flexibility index (Phi) is 10.9. The zero-order valence-corrected chi connectivity index (χ0v) is 21.1. The van der Waals surface area contributed by atoms with Crippen molar-refractivity contribution in [1.29, 1.82) is 0 Å². The molecule has 0 bridgehead atoms. The summed E-state index contributed by atoms with van der Waals surface area (Å²) in [6, 6.07) is -0.804. The summed E-state index contributed by atoms with van der Waals surface area (Å²) in [7, 11) is 1.42. The zero-order valence-electron chi connectivity index (χ0n) is 21.1. The van der Waals surface area contributed by atoms with Crippen LogP contribution in [0.25, 0.3) is 0 Å². The summed E-state index contributed by atoms with van der Waals surface area (Å²) in [5, 5.41) is 8.18. The molecule has 11 nitrogen and oxygen atoms in total. The Bertz CT molecular complexity index is 848. The van der Waals surface area contributed by atoms with E-state index >= 15 is 0 Å². The highest BCUT2D eigenvalue weighted by Crippen LogP contribution is 2.11. The van der Waals surface area contributed by atoms with Gasteiger partial charge in [0, 0.05) is 13.7 Å². The summed E-state index contributed by atoms with van der Waals surface area (Å²) in [5.74, 6) is 0.472. The van der Waals surface area contributed by atoms with Crippen molar-refractivity contribution in [3.8, 4) is 5.75 Å². The Hall–Kier alpha value is -3.21. The Balaban J connectivity index is 2.63. The standard InChI is InChI=1S/C23H37N5O6/c1-15-25-12-17(13-26-15)33-14-19(29)18(28-20(30)23(6,7)32-8)10-9-11-24-16(2)27-21(31)34-22(3,4)5/h12-13,18,24H,2,9-11,14H2,1,3-8H3,(H,27,31)(H,28,30)/t18-/m0/s1. The van der Waals surface area contributed by atoms with Gasteiger partial charge < -0.3 is 24.8 Å². The number of carbonyl (C=O) groups excluding carboxylic acids is 3. The number of nitrogens with one attached hydrogen (secondary N) is 3. The first-order valence-electron chi connectivity index (χ1n) is 11.0. The topological polar surface area (TPSA) is 141 Å². The van der Waals surface area contributed by atoms with E-state index in [4.69, 9.17) is 14.2 Å². The molecule has 0 fully saturated rings. The van der Waals surface area contributed by atoms with Gasteiger partial charge in [-0.05, 0) is 54.4 Å². The lowest BCUT2D eigenvalue weighted by Crippen LogP contribution is -2.51. The predicted molar refractivity (Wildman–Crippen MR) is 126 cm³/mol. The summed E-state index contributed by atoms with van der Waals surface area (Å²) in [5.41, 5.74) is -1.73. The van der Waals surface area contributed by atoms with Crippen LogP contribution in [0.2, 0.25) is 0 Å². The Morgan fingerprint density at radius 2 is 1.74 bits per heavy atom. The summed E-state index contributed by atoms with van der Waals surface area (Å²) < 4.78 is 15.8. The maximum atomic E-state index is 12.8. The molecule has 1 heterocycles. The molecule has 190 valence electrons. The largest absolute Gasteiger partial charge is 0.483 e. The van der Waals surface area contributed by atoms with Crippen LogP contribution < -0.4 is 20.7 Å². The number of hydrogen-bond donors (Lipinski definition) is 3. The van der Waals surface area contributed by atoms with E-state index in [1.54, 1.807) is 41.5 Å². The minimum Gasteiger partial charge on any atom is -0.483 e. The molecule has 0 aliphatic rings. The highest BCUT2D eigenvalue weighted by molar-refractivity contribution is 5.92. The average Bonchev–Trinajstić information content (AvgIpc) is 2.73. The number of amides is 2. The number of methoxy groups -OCH3 is 1. The lowest BCUT2D eigenvalue weighted by molar-refractivity contribution is -0.142. The summed E-state index contributed by atoms with van der Waals surface area (Å²) >= 11 is 0. The molecule has 1 rings (SSSR count). The van der Waals surface area contributed by atoms with Crippen molar-refractivity contribution in [2.75, 3.05) is 20.3 Å². The van der Waals surface area contributed by atoms with E-state index in [1.807, 2.05) is 0 Å². The summed E-state index contributed by atoms with van der Waals surface area (Å²) in [6.45, 7) is 14.1. The van der Waals surface area contributed by atoms with Crippen molar-refractivity contribution in [1.82, 2.24) is 25.9 Å². The lowest BCUT2D eigenvalue weighted by Gasteiger charge is -2.26. The second-order valence-electron chi connectivity index (χ2n) is 9.14. The van der Waals surface area contributed by atoms with Crippen LogP contribution in [0.3, 0.4) is 0 Å². The van der Waals surface area contributed by atoms with Gasteiger partial charge in [0.25, 0.3) is 5.91 Å². The number of aryl methyl sites for hydroxylation is 1. The highest BCUT2D eigenvalue weighted by atomic mass is 16.6. The van der Waals surface area contributed by atoms with Crippen LogP contribution >= 0.6 is 0 Å². The van der Waals surface area contributed by atoms with E-state index in [1.165, 1.54) is 19.5 Å². The molecule has 0 aromatic carbocycles. The number of ether oxygens (including phenoxy) is 3. The van der Waals surface area contributed by atoms with E-state index < -0.39 is 29.2 Å². The maximum absolute atomic E-state index is 12.8. The molecule has 0 unspecified atom stereocenters. The molecule has 3 N–H and O–H groups in total. The van der Waals surface area contributed by atoms with Crippen molar-refractivity contribution in [2.24, 2.45) is 0 Å². The minimum atomic E-state index is -1.10. The third-order valence-electron chi connectivity index (χ3n) is 4.55. The van der Waals surface area contributed by atoms with Gasteiger partial charge in [0.2, 0.25) is 0 Å². The number of ketones is 1. The van der Waals surface area contributed by atoms with Gasteiger partial charge in [-0.1, -0.05) is 6.58 Å². The fourth-order valence-electron chi connectivity index (χ4n) is 2.47. The summed E-state index contributed by atoms with van der Waals surface area (Å²) in [6.07, 6.45) is 3.15. The van der Waals surface area contributed by atoms with Crippen LogP contribution in [0.4, 0.5) is 4.79 Å². The Morgan fingerprint density at radius 1 is 1.12 bits per heavy atom. The normalized spacial score (nSPS) is 12.3. The van der Waals surface area contributed by atoms with Crippen molar-refractivity contribution in [2.45, 2.75) is 71.6 Å². The second kappa shape index (κ2) is 12.9. The van der Waals surface area contributed by atoms with Crippen LogP contribution in [-0.4, -0.2) is 65.3 Å². The van der Waals surface area contributed by atoms with Gasteiger partial charge in [-0.25, -0.2) is 14.8 Å². The molecular formula is C23H37N5O6. The number of alkyl carbamates (subject to hydrolysis) is 1. The van der Waals surface area contributed by atoms with Crippen LogP contribution in [0.1, 0.15) is 53.3 Å². The number of rotatable bonds is 13. The van der Waals surface area contributed by atoms with Gasteiger partial charge in [0.1, 0.15) is 29.5 Å². The lowest BCUT2D eigenvalue weighted by atomic mass is 10.0. The Morgan fingerprint density at radius 3 is 2.29 bits per heavy atom. The van der Waals surface area contributed by atoms with Crippen molar-refractivity contribution < 1.29 is 28.6 Å². The van der Waals surface area contributed by atoms with Gasteiger partial charge in [0.15, 0.2) is 11.5 Å². The quantitative estimate of drug-likeness (QED) is 0.362. The third kappa shape index (κ3) is 11.1. The molecule has 34 heavy (non-hydrogen) atoms. The first-order chi connectivity index (χ1) is 15.7. The molecule has 0 radical (unpaired) electrons. The Labute approximate surface area is 201 Å². The van der Waals surface area contributed by atoms with E-state index in [0.29, 0.717) is 31.0 Å². The maximum Gasteiger partial charge on any atom is 0.413 e. The number of aromatic nitrogens is 2. The molecule has 0 spiro atoms. The molecule has 0 aliphatic heterocycles. The van der Waals surface area contributed by atoms with Crippen molar-refractivity contribution >= 4 is 17.8 Å². The van der Waals surface area contributed by atoms with Crippen LogP contribution in [0.5, 0.6) is 5.75 Å². The first-order valence-corrected chi connectivity index (χ1v) is 11.0. The minimum absolute atomic E-state index is 0.259. The molecular weight excluding hydrogens is 442 g/mol. The van der Waals surface area contributed by atoms with E-state index in [0.717, 1.165) is 0 Å². The molecule has 11 heteroatoms. The molecule has 1 aromatic heterocycles. The molecule has 0 saturated heterocycles. The van der Waals surface area contributed by atoms with E-state index in [2.05, 4.69) is 32.5 Å². The molecule has 0 saturated carbocycles. The van der Waals surface area contributed by atoms with Crippen molar-refractivity contribution in [3.05, 3.63) is 30.6 Å². The molecule has 1 atom stereocenters. The second-order valence-corrected chi connectivity index (χ2v) is 9.14. The first kappa shape index (κ1) is 28.8.